The van der Waals surface area contributed by atoms with Gasteiger partial charge in [-0.05, 0) is 191 Å². The Morgan fingerprint density at radius 1 is 0.343 bits per heavy atom. The van der Waals surface area contributed by atoms with Crippen LogP contribution in [0.2, 0.25) is 0 Å². The van der Waals surface area contributed by atoms with Crippen LogP contribution < -0.4 is 28.7 Å². The molecular weight excluding hydrogens is 1280 g/mol. The Kier molecular flexibility index (Phi) is 38.7. The molecular formula is C88H124N2O12. The van der Waals surface area contributed by atoms with Gasteiger partial charge in [-0.15, -0.1) is 0 Å². The van der Waals surface area contributed by atoms with Crippen molar-refractivity contribution < 1.29 is 58.5 Å². The van der Waals surface area contributed by atoms with E-state index in [9.17, 15) is 19.2 Å². The Labute approximate surface area is 613 Å². The third kappa shape index (κ3) is 30.7. The Balaban J connectivity index is 0.000000248. The van der Waals surface area contributed by atoms with Crippen LogP contribution in [0.3, 0.4) is 0 Å². The lowest BCUT2D eigenvalue weighted by Gasteiger charge is -2.37. The molecule has 102 heavy (non-hydrogen) atoms. The lowest BCUT2D eigenvalue weighted by atomic mass is 9.82. The van der Waals surface area contributed by atoms with Gasteiger partial charge in [0.2, 0.25) is 0 Å². The second-order valence-corrected chi connectivity index (χ2v) is 27.9. The van der Waals surface area contributed by atoms with Crippen molar-refractivity contribution in [1.29, 1.82) is 0 Å². The maximum Gasteiger partial charge on any atom is 0.513 e. The number of carbonyl (C=O) groups is 4. The average molecular weight is 1400 g/mol. The second kappa shape index (κ2) is 48.3. The molecule has 558 valence electrons. The maximum atomic E-state index is 12.7. The molecule has 0 unspecified atom stereocenters. The van der Waals surface area contributed by atoms with Crippen molar-refractivity contribution in [2.24, 2.45) is 11.8 Å². The Morgan fingerprint density at radius 3 is 0.990 bits per heavy atom. The van der Waals surface area contributed by atoms with Crippen molar-refractivity contribution in [2.45, 2.75) is 246 Å². The number of anilines is 2. The number of esters is 2. The van der Waals surface area contributed by atoms with Gasteiger partial charge in [0.15, 0.2) is 6.29 Å². The lowest BCUT2D eigenvalue weighted by molar-refractivity contribution is -0.191. The van der Waals surface area contributed by atoms with Crippen molar-refractivity contribution in [2.75, 3.05) is 62.4 Å². The van der Waals surface area contributed by atoms with E-state index in [1.165, 1.54) is 185 Å². The summed E-state index contributed by atoms with van der Waals surface area (Å²) in [4.78, 5) is 53.9. The zero-order chi connectivity index (χ0) is 72.2. The van der Waals surface area contributed by atoms with E-state index in [4.69, 9.17) is 37.9 Å². The number of aryl methyl sites for hydroxylation is 4. The number of hydrogen-bond donors (Lipinski definition) is 0. The van der Waals surface area contributed by atoms with Crippen molar-refractivity contribution >= 4 is 35.6 Å². The molecule has 6 aromatic rings. The van der Waals surface area contributed by atoms with E-state index in [0.717, 1.165) is 89.9 Å². The molecule has 9 rings (SSSR count). The van der Waals surface area contributed by atoms with Crippen LogP contribution in [0.15, 0.2) is 146 Å². The van der Waals surface area contributed by atoms with Crippen LogP contribution in [0.5, 0.6) is 23.0 Å². The monoisotopic (exact) mass is 1400 g/mol. The van der Waals surface area contributed by atoms with E-state index in [0.29, 0.717) is 56.3 Å². The highest BCUT2D eigenvalue weighted by atomic mass is 16.7. The van der Waals surface area contributed by atoms with E-state index in [-0.39, 0.29) is 43.0 Å². The smallest absolute Gasteiger partial charge is 0.434 e. The van der Waals surface area contributed by atoms with Gasteiger partial charge in [0.1, 0.15) is 23.0 Å². The molecule has 2 saturated heterocycles. The second-order valence-electron chi connectivity index (χ2n) is 27.9. The van der Waals surface area contributed by atoms with Crippen LogP contribution >= 0.6 is 0 Å². The van der Waals surface area contributed by atoms with Crippen molar-refractivity contribution in [1.82, 2.24) is 0 Å². The average Bonchev–Trinajstić information content (AvgIpc) is 0.848. The molecule has 2 heterocycles. The highest BCUT2D eigenvalue weighted by Gasteiger charge is 2.33. The third-order valence-corrected chi connectivity index (χ3v) is 19.6. The molecule has 0 radical (unpaired) electrons. The highest BCUT2D eigenvalue weighted by Crippen LogP contribution is 2.34. The minimum absolute atomic E-state index is 0. The summed E-state index contributed by atoms with van der Waals surface area (Å²) in [6, 6.07) is 48.8. The topological polar surface area (TPSA) is 149 Å². The molecule has 0 amide bonds. The normalized spacial score (nSPS) is 16.5. The van der Waals surface area contributed by atoms with E-state index < -0.39 is 12.3 Å². The fourth-order valence-corrected chi connectivity index (χ4v) is 13.0. The first kappa shape index (κ1) is 81.6. The third-order valence-electron chi connectivity index (χ3n) is 19.6. The fourth-order valence-electron chi connectivity index (χ4n) is 13.0. The molecule has 2 aliphatic heterocycles. The summed E-state index contributed by atoms with van der Waals surface area (Å²) in [6.45, 7) is 19.7. The van der Waals surface area contributed by atoms with E-state index >= 15 is 0 Å². The van der Waals surface area contributed by atoms with E-state index in [2.05, 4.69) is 148 Å². The van der Waals surface area contributed by atoms with Gasteiger partial charge in [-0.3, -0.25) is 9.59 Å². The largest absolute Gasteiger partial charge is 0.513 e. The molecule has 3 fully saturated rings. The predicted molar refractivity (Wildman–Crippen MR) is 414 cm³/mol. The summed E-state index contributed by atoms with van der Waals surface area (Å²) in [5.74, 6) is 0.173. The highest BCUT2D eigenvalue weighted by molar-refractivity contribution is 5.78. The number of carbonyl (C=O) groups excluding carboxylic acids is 4. The molecule has 1 saturated carbocycles. The number of nitrogens with zero attached hydrogens (tertiary/aromatic N) is 2. The van der Waals surface area contributed by atoms with Crippen LogP contribution in [0.25, 0.3) is 0 Å². The number of unbranched alkanes of at least 4 members (excludes halogenated alkanes) is 16. The Bertz CT molecular complexity index is 3010. The summed E-state index contributed by atoms with van der Waals surface area (Å²) in [5.41, 5.74) is 11.0. The number of hydrogen-bond acceptors (Lipinski definition) is 14. The quantitative estimate of drug-likeness (QED) is 0.0157. The van der Waals surface area contributed by atoms with Crippen molar-refractivity contribution in [3.8, 4) is 23.0 Å². The fraction of sp³-hybridized carbons (Fsp3) is 0.545. The predicted octanol–water partition coefficient (Wildman–Crippen LogP) is 22.7. The summed E-state index contributed by atoms with van der Waals surface area (Å²) in [6.07, 6.45) is 32.1. The summed E-state index contributed by atoms with van der Waals surface area (Å²) >= 11 is 0. The zero-order valence-electron chi connectivity index (χ0n) is 62.8. The van der Waals surface area contributed by atoms with Crippen LogP contribution in [0, 0.1) is 11.8 Å². The standard InChI is InChI=1S/C32H50N2.C32H40O10.C24H32O2.H2/c1-3-5-7-9-11-13-15-29-17-21-31(22-18-29)33-25-27-34(28-26-33)32-23-19-30(20-24-32)16-14-12-10-8-6-4-2;1-3-5-7-21-37-31(35)41-27-17-13-25(14-18-27)39-29(33)23-9-11-24(12-10-23)30(34)40-26-15-19-28(20-16-26)42-32(36)38-22-8-6-4-2;1-3-5-7-19-9-13-21(14-10-19)23-17-25-24(26-18-23)22-15-11-20(12-16-22)8-6-4-2;/h17-24H,3-16,25-28H2,1-2H3;13-20,23-24H,3-12,21-22H2,1-2H3;9-16,23-24H,3-8,17-18H2,1-2H3;1H. The van der Waals surface area contributed by atoms with Crippen LogP contribution in [-0.2, 0) is 54.2 Å². The minimum Gasteiger partial charge on any atom is -0.434 e. The molecule has 0 N–H and O–H groups in total. The van der Waals surface area contributed by atoms with Gasteiger partial charge < -0.3 is 47.7 Å². The van der Waals surface area contributed by atoms with E-state index in [1.807, 2.05) is 0 Å². The molecule has 14 heteroatoms. The van der Waals surface area contributed by atoms with Gasteiger partial charge in [-0.25, -0.2) is 9.59 Å². The van der Waals surface area contributed by atoms with Gasteiger partial charge in [0, 0.05) is 50.5 Å². The number of rotatable bonds is 38. The van der Waals surface area contributed by atoms with Crippen LogP contribution in [-0.4, -0.2) is 76.9 Å². The SMILES string of the molecule is CCCCCCCCc1ccc(N2CCN(c3ccc(CCCCCCCC)cc3)CC2)cc1.CCCCCOC(=O)Oc1ccc(OC(=O)C2CCC(C(=O)Oc3ccc(OC(=O)OCCCCC)cc3)CC2)cc1.CCCCc1ccc(C2COC(c3ccc(CCCC)cc3)OC2)cc1.[HH]. The van der Waals surface area contributed by atoms with Gasteiger partial charge in [-0.1, -0.05) is 217 Å². The van der Waals surface area contributed by atoms with Crippen LogP contribution in [0.4, 0.5) is 21.0 Å². The van der Waals surface area contributed by atoms with Crippen molar-refractivity contribution in [3.05, 3.63) is 179 Å². The Hall–Kier alpha value is -7.68. The maximum absolute atomic E-state index is 12.7. The summed E-state index contributed by atoms with van der Waals surface area (Å²) in [7, 11) is 0. The first-order valence-electron chi connectivity index (χ1n) is 39.4. The lowest BCUT2D eigenvalue weighted by Crippen LogP contribution is -2.46. The zero-order valence-corrected chi connectivity index (χ0v) is 62.8. The summed E-state index contributed by atoms with van der Waals surface area (Å²) < 4.78 is 43.3. The molecule has 0 aromatic heterocycles. The van der Waals surface area contributed by atoms with Gasteiger partial charge in [0.25, 0.3) is 0 Å². The molecule has 0 atom stereocenters. The first-order valence-corrected chi connectivity index (χ1v) is 39.4. The number of benzene rings is 6. The number of ether oxygens (including phenoxy) is 8. The van der Waals surface area contributed by atoms with Crippen LogP contribution in [0.1, 0.15) is 255 Å². The van der Waals surface area contributed by atoms with Gasteiger partial charge in [0.05, 0.1) is 38.3 Å². The Morgan fingerprint density at radius 2 is 0.637 bits per heavy atom. The minimum atomic E-state index is -0.771. The first-order chi connectivity index (χ1) is 50.0. The molecule has 0 spiro atoms. The molecule has 3 aliphatic rings. The number of piperazine rings is 1. The van der Waals surface area contributed by atoms with Gasteiger partial charge >= 0.3 is 24.2 Å². The molecule has 6 aromatic carbocycles. The van der Waals surface area contributed by atoms with Crippen molar-refractivity contribution in [3.63, 3.8) is 0 Å². The summed E-state index contributed by atoms with van der Waals surface area (Å²) in [5, 5.41) is 0. The molecule has 14 nitrogen and oxygen atoms in total. The van der Waals surface area contributed by atoms with Gasteiger partial charge in [-0.2, -0.15) is 0 Å². The molecule has 1 aliphatic carbocycles. The molecule has 0 bridgehead atoms. The van der Waals surface area contributed by atoms with E-state index in [1.54, 1.807) is 24.3 Å².